The van der Waals surface area contributed by atoms with Gasteiger partial charge in [0.1, 0.15) is 17.8 Å². The van der Waals surface area contributed by atoms with Crippen LogP contribution in [0.25, 0.3) is 11.2 Å². The fraction of sp³-hybridized carbons (Fsp3) is 0.370. The number of hydrogen-bond donors (Lipinski definition) is 1. The molecular weight excluding hydrogens is 454 g/mol. The number of piperidine rings is 1. The van der Waals surface area contributed by atoms with Gasteiger partial charge < -0.3 is 9.80 Å². The third-order valence-electron chi connectivity index (χ3n) is 7.47. The van der Waals surface area contributed by atoms with E-state index in [1.54, 1.807) is 12.3 Å². The summed E-state index contributed by atoms with van der Waals surface area (Å²) in [5, 5.41) is 0. The second-order valence-corrected chi connectivity index (χ2v) is 9.61. The van der Waals surface area contributed by atoms with E-state index in [1.165, 1.54) is 11.9 Å². The molecule has 1 unspecified atom stereocenters. The number of benzene rings is 1. The minimum Gasteiger partial charge on any atom is -0.356 e. The summed E-state index contributed by atoms with van der Waals surface area (Å²) in [4.78, 5) is 46.1. The lowest BCUT2D eigenvalue weighted by Crippen LogP contribution is -2.37. The first kappa shape index (κ1) is 22.5. The molecule has 0 spiro atoms. The van der Waals surface area contributed by atoms with Crippen molar-refractivity contribution in [2.75, 3.05) is 29.4 Å². The molecule has 1 saturated heterocycles. The summed E-state index contributed by atoms with van der Waals surface area (Å²) < 4.78 is 1.83. The molecule has 5 heterocycles. The summed E-state index contributed by atoms with van der Waals surface area (Å²) in [5.41, 5.74) is 3.97. The Morgan fingerprint density at radius 3 is 2.75 bits per heavy atom. The Bertz CT molecular complexity index is 1470. The van der Waals surface area contributed by atoms with Crippen molar-refractivity contribution in [1.82, 2.24) is 24.5 Å². The zero-order valence-electron chi connectivity index (χ0n) is 20.3. The Labute approximate surface area is 208 Å². The van der Waals surface area contributed by atoms with Crippen molar-refractivity contribution in [3.8, 4) is 0 Å². The van der Waals surface area contributed by atoms with Crippen LogP contribution >= 0.6 is 0 Å². The highest BCUT2D eigenvalue weighted by Gasteiger charge is 2.33. The molecule has 0 radical (unpaired) electrons. The molecule has 1 fully saturated rings. The maximum absolute atomic E-state index is 13.5. The average molecular weight is 484 g/mol. The lowest BCUT2D eigenvalue weighted by atomic mass is 9.97. The van der Waals surface area contributed by atoms with Gasteiger partial charge in [-0.3, -0.25) is 14.3 Å². The SMILES string of the molecule is CCCC1CN(C(=O)c2cc(N3CCC(n4c(=O)[nH]c5ncccc54)CC3)ncn2)c2ccccc21. The summed E-state index contributed by atoms with van der Waals surface area (Å²) in [7, 11) is 0. The topological polar surface area (TPSA) is 100 Å². The fourth-order valence-electron chi connectivity index (χ4n) is 5.73. The van der Waals surface area contributed by atoms with Gasteiger partial charge in [-0.15, -0.1) is 0 Å². The fourth-order valence-corrected chi connectivity index (χ4v) is 5.73. The van der Waals surface area contributed by atoms with E-state index in [2.05, 4.69) is 37.8 Å². The van der Waals surface area contributed by atoms with Crippen LogP contribution in [0.2, 0.25) is 0 Å². The number of aromatic amines is 1. The zero-order chi connectivity index (χ0) is 24.6. The maximum atomic E-state index is 13.5. The highest BCUT2D eigenvalue weighted by atomic mass is 16.2. The van der Waals surface area contributed by atoms with Crippen LogP contribution in [0.4, 0.5) is 11.5 Å². The molecular formula is C27H29N7O2. The van der Waals surface area contributed by atoms with Gasteiger partial charge in [0.15, 0.2) is 5.65 Å². The number of pyridine rings is 1. The Morgan fingerprint density at radius 2 is 1.92 bits per heavy atom. The second kappa shape index (κ2) is 9.22. The van der Waals surface area contributed by atoms with Crippen LogP contribution in [-0.4, -0.2) is 50.0 Å². The number of carbonyl (C=O) groups excluding carboxylic acids is 1. The first-order chi connectivity index (χ1) is 17.6. The summed E-state index contributed by atoms with van der Waals surface area (Å²) in [6, 6.07) is 13.9. The van der Waals surface area contributed by atoms with Crippen LogP contribution in [0.1, 0.15) is 60.6 Å². The lowest BCUT2D eigenvalue weighted by Gasteiger charge is -2.33. The predicted octanol–water partition coefficient (Wildman–Crippen LogP) is 3.90. The van der Waals surface area contributed by atoms with Crippen molar-refractivity contribution in [3.05, 3.63) is 76.7 Å². The number of aromatic nitrogens is 5. The maximum Gasteiger partial charge on any atom is 0.327 e. The minimum atomic E-state index is -0.121. The molecule has 0 saturated carbocycles. The minimum absolute atomic E-state index is 0.0857. The zero-order valence-corrected chi connectivity index (χ0v) is 20.3. The van der Waals surface area contributed by atoms with Gasteiger partial charge in [0, 0.05) is 49.5 Å². The predicted molar refractivity (Wildman–Crippen MR) is 139 cm³/mol. The Morgan fingerprint density at radius 1 is 1.08 bits per heavy atom. The van der Waals surface area contributed by atoms with Crippen LogP contribution < -0.4 is 15.5 Å². The number of fused-ring (bicyclic) bond motifs is 2. The number of imidazole rings is 1. The number of amides is 1. The second-order valence-electron chi connectivity index (χ2n) is 9.61. The van der Waals surface area contributed by atoms with Gasteiger partial charge in [-0.05, 0) is 43.0 Å². The van der Waals surface area contributed by atoms with Gasteiger partial charge >= 0.3 is 5.69 Å². The lowest BCUT2D eigenvalue weighted by molar-refractivity contribution is 0.0983. The molecule has 1 atom stereocenters. The molecule has 9 nitrogen and oxygen atoms in total. The van der Waals surface area contributed by atoms with Crippen molar-refractivity contribution in [2.24, 2.45) is 0 Å². The van der Waals surface area contributed by atoms with Crippen molar-refractivity contribution >= 4 is 28.6 Å². The van der Waals surface area contributed by atoms with Crippen molar-refractivity contribution in [1.29, 1.82) is 0 Å². The summed E-state index contributed by atoms with van der Waals surface area (Å²) in [5.74, 6) is 1.02. The van der Waals surface area contributed by atoms with Gasteiger partial charge in [0.05, 0.1) is 5.52 Å². The molecule has 6 rings (SSSR count). The number of anilines is 2. The number of nitrogens with zero attached hydrogens (tertiary/aromatic N) is 6. The highest BCUT2D eigenvalue weighted by Crippen LogP contribution is 2.39. The van der Waals surface area contributed by atoms with Crippen LogP contribution in [-0.2, 0) is 0 Å². The normalized spacial score (nSPS) is 18.1. The van der Waals surface area contributed by atoms with E-state index in [4.69, 9.17) is 0 Å². The van der Waals surface area contributed by atoms with Gasteiger partial charge in [-0.2, -0.15) is 0 Å². The molecule has 0 aliphatic carbocycles. The van der Waals surface area contributed by atoms with Crippen LogP contribution in [0.5, 0.6) is 0 Å². The third-order valence-corrected chi connectivity index (χ3v) is 7.47. The molecule has 9 heteroatoms. The number of rotatable bonds is 5. The van der Waals surface area contributed by atoms with E-state index >= 15 is 0 Å². The highest BCUT2D eigenvalue weighted by molar-refractivity contribution is 6.06. The van der Waals surface area contributed by atoms with Gasteiger partial charge in [0.2, 0.25) is 0 Å². The number of para-hydroxylation sites is 1. The Kier molecular flexibility index (Phi) is 5.75. The van der Waals surface area contributed by atoms with E-state index in [-0.39, 0.29) is 17.6 Å². The summed E-state index contributed by atoms with van der Waals surface area (Å²) in [6.07, 6.45) is 6.90. The number of hydrogen-bond acceptors (Lipinski definition) is 6. The quantitative estimate of drug-likeness (QED) is 0.462. The van der Waals surface area contributed by atoms with Gasteiger partial charge in [-0.25, -0.2) is 19.7 Å². The van der Waals surface area contributed by atoms with Crippen molar-refractivity contribution in [3.63, 3.8) is 0 Å². The first-order valence-electron chi connectivity index (χ1n) is 12.7. The van der Waals surface area contributed by atoms with E-state index < -0.39 is 0 Å². The van der Waals surface area contributed by atoms with Crippen LogP contribution in [0, 0.1) is 0 Å². The number of H-pyrrole nitrogens is 1. The summed E-state index contributed by atoms with van der Waals surface area (Å²) in [6.45, 7) is 4.34. The number of carbonyl (C=O) groups is 1. The smallest absolute Gasteiger partial charge is 0.327 e. The van der Waals surface area contributed by atoms with E-state index in [9.17, 15) is 9.59 Å². The van der Waals surface area contributed by atoms with E-state index in [0.717, 1.165) is 55.8 Å². The van der Waals surface area contributed by atoms with Crippen LogP contribution in [0.3, 0.4) is 0 Å². The molecule has 2 aliphatic rings. The molecule has 3 aromatic heterocycles. The Balaban J connectivity index is 1.19. The van der Waals surface area contributed by atoms with Gasteiger partial charge in [0.25, 0.3) is 5.91 Å². The number of nitrogens with one attached hydrogen (secondary N) is 1. The molecule has 36 heavy (non-hydrogen) atoms. The monoisotopic (exact) mass is 483 g/mol. The summed E-state index contributed by atoms with van der Waals surface area (Å²) >= 11 is 0. The molecule has 1 amide bonds. The van der Waals surface area contributed by atoms with Crippen LogP contribution in [0.15, 0.2) is 59.8 Å². The molecule has 1 N–H and O–H groups in total. The van der Waals surface area contributed by atoms with Crippen molar-refractivity contribution in [2.45, 2.75) is 44.6 Å². The van der Waals surface area contributed by atoms with E-state index in [1.807, 2.05) is 39.8 Å². The first-order valence-corrected chi connectivity index (χ1v) is 12.7. The van der Waals surface area contributed by atoms with Gasteiger partial charge in [-0.1, -0.05) is 31.5 Å². The van der Waals surface area contributed by atoms with E-state index in [0.29, 0.717) is 23.8 Å². The molecule has 1 aromatic carbocycles. The Hall–Kier alpha value is -4.01. The molecule has 184 valence electrons. The molecule has 0 bridgehead atoms. The molecule has 2 aliphatic heterocycles. The molecule has 4 aromatic rings. The third kappa shape index (κ3) is 3.84. The van der Waals surface area contributed by atoms with Crippen molar-refractivity contribution < 1.29 is 4.79 Å². The largest absolute Gasteiger partial charge is 0.356 e. The standard InChI is InChI=1S/C27H29N7O2/c1-2-6-18-16-33(22-8-4-3-7-20(18)22)26(35)21-15-24(30-17-29-21)32-13-10-19(11-14-32)34-23-9-5-12-28-25(23)31-27(34)36/h3-5,7-9,12,15,17-19H,2,6,10-11,13-14,16H2,1H3,(H,28,31,36). The average Bonchev–Trinajstić information content (AvgIpc) is 3.46.